The summed E-state index contributed by atoms with van der Waals surface area (Å²) in [5.74, 6) is 0. The molecule has 174 valence electrons. The number of allylic oxidation sites excluding steroid dienone is 8. The van der Waals surface area contributed by atoms with Crippen LogP contribution in [0.15, 0.2) is 84.0 Å². The summed E-state index contributed by atoms with van der Waals surface area (Å²) in [5, 5.41) is 0. The first-order valence-corrected chi connectivity index (χ1v) is 18.2. The summed E-state index contributed by atoms with van der Waals surface area (Å²) >= 11 is 0. The molecule has 2 aromatic carbocycles. The largest absolute Gasteiger partial charge is 4.00 e. The third-order valence-electron chi connectivity index (χ3n) is 5.25. The van der Waals surface area contributed by atoms with Crippen LogP contribution in [0.3, 0.4) is 0 Å². The van der Waals surface area contributed by atoms with Crippen molar-refractivity contribution in [3.05, 3.63) is 107 Å². The minimum Gasteiger partial charge on any atom is -1.00 e. The molecule has 0 atom stereocenters. The number of rotatable bonds is 3. The number of halogens is 2. The molecule has 0 bridgehead atoms. The van der Waals surface area contributed by atoms with E-state index in [0.717, 1.165) is 12.8 Å². The maximum absolute atomic E-state index is 3.29. The van der Waals surface area contributed by atoms with E-state index in [9.17, 15) is 0 Å². The van der Waals surface area contributed by atoms with Crippen LogP contribution in [-0.4, -0.2) is 16.6 Å². The molecule has 0 aliphatic heterocycles. The Morgan fingerprint density at radius 3 is 1.18 bits per heavy atom. The molecule has 2 aromatic rings. The molecule has 0 spiro atoms. The van der Waals surface area contributed by atoms with Gasteiger partial charge in [-0.25, -0.2) is 23.3 Å². The Kier molecular flexibility index (Phi) is 18.5. The van der Waals surface area contributed by atoms with Crippen LogP contribution in [-0.2, 0) is 26.2 Å². The van der Waals surface area contributed by atoms with Gasteiger partial charge in [0.15, 0.2) is 0 Å². The molecule has 4 rings (SSSR count). The molecule has 0 saturated carbocycles. The fourth-order valence-corrected chi connectivity index (χ4v) is 2.87. The van der Waals surface area contributed by atoms with Gasteiger partial charge in [0.2, 0.25) is 0 Å². The van der Waals surface area contributed by atoms with Crippen molar-refractivity contribution in [1.82, 2.24) is 0 Å². The van der Waals surface area contributed by atoms with Crippen LogP contribution in [0.1, 0.15) is 37.8 Å². The Hall–Kier alpha value is -0.703. The molecule has 0 heterocycles. The zero-order valence-corrected chi connectivity index (χ0v) is 27.2. The molecule has 2 aliphatic rings. The molecular formula is C28H36Cl2Si2Zr. The van der Waals surface area contributed by atoms with Gasteiger partial charge in [0, 0.05) is 16.6 Å². The van der Waals surface area contributed by atoms with E-state index in [-0.39, 0.29) is 51.0 Å². The van der Waals surface area contributed by atoms with E-state index in [4.69, 9.17) is 0 Å². The van der Waals surface area contributed by atoms with Gasteiger partial charge >= 0.3 is 26.2 Å². The minimum absolute atomic E-state index is 0. The molecular weight excluding hydrogens is 555 g/mol. The van der Waals surface area contributed by atoms with Gasteiger partial charge in [-0.3, -0.25) is 12.2 Å². The second-order valence-electron chi connectivity index (χ2n) is 9.06. The molecule has 0 fully saturated rings. The first kappa shape index (κ1) is 34.5. The number of benzene rings is 2. The molecule has 2 aliphatic carbocycles. The third-order valence-corrected chi connectivity index (χ3v) is 13.7. The molecule has 0 radical (unpaired) electrons. The second kappa shape index (κ2) is 17.7. The number of hydrogen-bond acceptors (Lipinski definition) is 0. The van der Waals surface area contributed by atoms with Crippen molar-refractivity contribution in [3.8, 4) is 0 Å². The van der Waals surface area contributed by atoms with Crippen molar-refractivity contribution >= 4 is 27.8 Å². The summed E-state index contributed by atoms with van der Waals surface area (Å²) in [6.07, 6.45) is 12.9. The Morgan fingerprint density at radius 1 is 0.667 bits per heavy atom. The van der Waals surface area contributed by atoms with E-state index < -0.39 is 7.59 Å². The van der Waals surface area contributed by atoms with Crippen molar-refractivity contribution in [2.75, 3.05) is 0 Å². The van der Waals surface area contributed by atoms with Crippen molar-refractivity contribution in [1.29, 1.82) is 0 Å². The van der Waals surface area contributed by atoms with Gasteiger partial charge in [0.25, 0.3) is 0 Å². The zero-order chi connectivity index (χ0) is 22.0. The van der Waals surface area contributed by atoms with Crippen LogP contribution in [0.25, 0.3) is 11.1 Å². The molecule has 5 heteroatoms. The molecule has 0 amide bonds. The molecule has 0 aromatic heterocycles. The Labute approximate surface area is 237 Å². The summed E-state index contributed by atoms with van der Waals surface area (Å²) in [7, 11) is -0.101. The summed E-state index contributed by atoms with van der Waals surface area (Å²) in [6.45, 7) is 13.9. The van der Waals surface area contributed by atoms with Crippen molar-refractivity contribution in [3.63, 3.8) is 0 Å². The van der Waals surface area contributed by atoms with Crippen molar-refractivity contribution in [2.24, 2.45) is 0 Å². The van der Waals surface area contributed by atoms with Gasteiger partial charge in [0.05, 0.1) is 0 Å². The topological polar surface area (TPSA) is 0 Å². The molecule has 33 heavy (non-hydrogen) atoms. The maximum atomic E-state index is 3.29. The molecule has 0 N–H and O–H groups in total. The smallest absolute Gasteiger partial charge is 1.00 e. The number of hydrogen-bond donors (Lipinski definition) is 0. The summed E-state index contributed by atoms with van der Waals surface area (Å²) in [5.41, 5.74) is 7.92. The second-order valence-corrected chi connectivity index (χ2v) is 23.4. The SMILES string of the molecule is CC1=[C-]CC(c2ccccc2)=C1.CC1=[C-]CC(c2ccccc2)=C1.C[SiH2][Si](C)(C)C.[Cl-].[Cl-].[Zr+4]. The average molecular weight is 591 g/mol. The van der Waals surface area contributed by atoms with E-state index in [1.165, 1.54) is 33.4 Å². The normalized spacial score (nSPS) is 14.0. The van der Waals surface area contributed by atoms with E-state index in [0.29, 0.717) is 9.04 Å². The monoisotopic (exact) mass is 588 g/mol. The fourth-order valence-electron chi connectivity index (χ4n) is 2.87. The van der Waals surface area contributed by atoms with Gasteiger partial charge in [0.1, 0.15) is 0 Å². The van der Waals surface area contributed by atoms with Crippen LogP contribution in [0, 0.1) is 12.2 Å². The first-order valence-electron chi connectivity index (χ1n) is 11.0. The minimum atomic E-state index is -0.492. The Morgan fingerprint density at radius 2 is 0.970 bits per heavy atom. The van der Waals surface area contributed by atoms with Crippen molar-refractivity contribution in [2.45, 2.75) is 52.9 Å². The van der Waals surface area contributed by atoms with Crippen LogP contribution in [0.2, 0.25) is 26.2 Å². The van der Waals surface area contributed by atoms with Crippen LogP contribution < -0.4 is 24.8 Å². The van der Waals surface area contributed by atoms with Crippen LogP contribution in [0.4, 0.5) is 0 Å². The van der Waals surface area contributed by atoms with Gasteiger partial charge < -0.3 is 24.8 Å². The van der Waals surface area contributed by atoms with Crippen molar-refractivity contribution < 1.29 is 51.0 Å². The average Bonchev–Trinajstić information content (AvgIpc) is 3.38. The quantitative estimate of drug-likeness (QED) is 0.376. The predicted octanol–water partition coefficient (Wildman–Crippen LogP) is 1.49. The predicted molar refractivity (Wildman–Crippen MR) is 141 cm³/mol. The molecule has 0 nitrogen and oxygen atoms in total. The van der Waals surface area contributed by atoms with E-state index in [1.807, 2.05) is 12.1 Å². The zero-order valence-electron chi connectivity index (χ0n) is 20.8. The van der Waals surface area contributed by atoms with Gasteiger partial charge in [-0.05, 0) is 11.1 Å². The summed E-state index contributed by atoms with van der Waals surface area (Å²) < 4.78 is 0. The first-order chi connectivity index (χ1) is 14.3. The van der Waals surface area contributed by atoms with Crippen LogP contribution in [0.5, 0.6) is 0 Å². The van der Waals surface area contributed by atoms with Gasteiger partial charge in [-0.2, -0.15) is 0 Å². The Bertz CT molecular complexity index is 854. The van der Waals surface area contributed by atoms with Gasteiger partial charge in [-0.15, -0.1) is 24.0 Å². The van der Waals surface area contributed by atoms with Gasteiger partial charge in [-0.1, -0.05) is 101 Å². The third kappa shape index (κ3) is 13.7. The summed E-state index contributed by atoms with van der Waals surface area (Å²) in [4.78, 5) is 0. The Balaban J connectivity index is 0. The van der Waals surface area contributed by atoms with E-state index in [2.05, 4.69) is 113 Å². The molecule has 0 unspecified atom stereocenters. The summed E-state index contributed by atoms with van der Waals surface area (Å²) in [6, 6.07) is 21.0. The molecule has 0 saturated heterocycles. The van der Waals surface area contributed by atoms with E-state index >= 15 is 0 Å². The standard InChI is InChI=1S/2C12H11.C4H14Si2.2ClH.Zr/c2*1-10-7-8-12(9-10)11-5-3-2-4-6-11;1-5-6(2,3)4;;;/h2*2-6,9H,8H2,1H3;5H2,1-4H3;2*1H;/q2*-1;;;;+4/p-2. The fraction of sp³-hybridized carbons (Fsp3) is 0.286. The van der Waals surface area contributed by atoms with Crippen LogP contribution >= 0.6 is 0 Å². The van der Waals surface area contributed by atoms with E-state index in [1.54, 1.807) is 0 Å². The maximum Gasteiger partial charge on any atom is 4.00 e.